The summed E-state index contributed by atoms with van der Waals surface area (Å²) < 4.78 is 0. The zero-order valence-corrected chi connectivity index (χ0v) is 8.68. The van der Waals surface area contributed by atoms with E-state index in [0.717, 1.165) is 12.2 Å². The van der Waals surface area contributed by atoms with Crippen LogP contribution in [-0.2, 0) is 0 Å². The molecule has 0 N–H and O–H groups in total. The molecule has 1 saturated heterocycles. The van der Waals surface area contributed by atoms with Crippen molar-refractivity contribution in [3.63, 3.8) is 0 Å². The van der Waals surface area contributed by atoms with E-state index in [0.29, 0.717) is 18.0 Å². The maximum Gasteiger partial charge on any atom is 0.242 e. The predicted octanol–water partition coefficient (Wildman–Crippen LogP) is 2.70. The highest BCUT2D eigenvalue weighted by Crippen LogP contribution is 2.24. The Bertz CT molecular complexity index is 210. The SMILES string of the molecule is CC/C(=C\C1CCCSC1)[N+](=O)[O-]. The van der Waals surface area contributed by atoms with Gasteiger partial charge in [-0.1, -0.05) is 6.92 Å². The number of rotatable bonds is 3. The zero-order chi connectivity index (χ0) is 9.68. The van der Waals surface area contributed by atoms with E-state index in [-0.39, 0.29) is 4.92 Å². The highest BCUT2D eigenvalue weighted by Gasteiger charge is 2.16. The molecule has 74 valence electrons. The second-order valence-corrected chi connectivity index (χ2v) is 4.40. The normalized spacial score (nSPS) is 24.4. The Morgan fingerprint density at radius 2 is 2.54 bits per heavy atom. The van der Waals surface area contributed by atoms with Gasteiger partial charge < -0.3 is 0 Å². The zero-order valence-electron chi connectivity index (χ0n) is 7.86. The number of hydrogen-bond donors (Lipinski definition) is 0. The van der Waals surface area contributed by atoms with E-state index in [1.807, 2.05) is 24.8 Å². The summed E-state index contributed by atoms with van der Waals surface area (Å²) in [6, 6.07) is 0. The van der Waals surface area contributed by atoms with Gasteiger partial charge in [0.25, 0.3) is 0 Å². The molecule has 0 spiro atoms. The van der Waals surface area contributed by atoms with Gasteiger partial charge in [0.2, 0.25) is 5.70 Å². The van der Waals surface area contributed by atoms with Gasteiger partial charge in [-0.2, -0.15) is 11.8 Å². The summed E-state index contributed by atoms with van der Waals surface area (Å²) in [7, 11) is 0. The molecule has 1 atom stereocenters. The summed E-state index contributed by atoms with van der Waals surface area (Å²) in [6.45, 7) is 1.84. The lowest BCUT2D eigenvalue weighted by Crippen LogP contribution is -2.10. The lowest BCUT2D eigenvalue weighted by Gasteiger charge is -2.17. The van der Waals surface area contributed by atoms with Crippen LogP contribution in [0.1, 0.15) is 26.2 Å². The Kier molecular flexibility index (Phi) is 4.28. The number of nitro groups is 1. The predicted molar refractivity (Wildman–Crippen MR) is 55.4 cm³/mol. The van der Waals surface area contributed by atoms with Crippen molar-refractivity contribution in [3.8, 4) is 0 Å². The fourth-order valence-corrected chi connectivity index (χ4v) is 2.58. The van der Waals surface area contributed by atoms with Crippen LogP contribution in [0.2, 0.25) is 0 Å². The van der Waals surface area contributed by atoms with Crippen LogP contribution in [0.4, 0.5) is 0 Å². The maximum absolute atomic E-state index is 10.5. The molecule has 1 rings (SSSR count). The van der Waals surface area contributed by atoms with Gasteiger partial charge in [0.1, 0.15) is 0 Å². The quantitative estimate of drug-likeness (QED) is 0.521. The molecule has 1 aliphatic rings. The van der Waals surface area contributed by atoms with E-state index >= 15 is 0 Å². The van der Waals surface area contributed by atoms with E-state index < -0.39 is 0 Å². The molecule has 0 aromatic heterocycles. The average molecular weight is 201 g/mol. The largest absolute Gasteiger partial charge is 0.259 e. The molecule has 1 heterocycles. The van der Waals surface area contributed by atoms with Crippen molar-refractivity contribution in [2.75, 3.05) is 11.5 Å². The molecular weight excluding hydrogens is 186 g/mol. The van der Waals surface area contributed by atoms with Crippen LogP contribution >= 0.6 is 11.8 Å². The summed E-state index contributed by atoms with van der Waals surface area (Å²) >= 11 is 1.90. The number of hydrogen-bond acceptors (Lipinski definition) is 3. The lowest BCUT2D eigenvalue weighted by molar-refractivity contribution is -0.428. The van der Waals surface area contributed by atoms with Crippen LogP contribution in [-0.4, -0.2) is 16.4 Å². The molecule has 1 unspecified atom stereocenters. The van der Waals surface area contributed by atoms with Gasteiger partial charge in [0.15, 0.2) is 0 Å². The van der Waals surface area contributed by atoms with Gasteiger partial charge >= 0.3 is 0 Å². The van der Waals surface area contributed by atoms with Gasteiger partial charge in [-0.05, 0) is 36.3 Å². The first kappa shape index (κ1) is 10.6. The first-order chi connectivity index (χ1) is 6.24. The molecule has 13 heavy (non-hydrogen) atoms. The number of thioether (sulfide) groups is 1. The maximum atomic E-state index is 10.5. The Hall–Kier alpha value is -0.510. The Balaban J connectivity index is 2.54. The molecular formula is C9H15NO2S. The van der Waals surface area contributed by atoms with E-state index in [1.165, 1.54) is 12.2 Å². The van der Waals surface area contributed by atoms with Crippen molar-refractivity contribution in [1.29, 1.82) is 0 Å². The highest BCUT2D eigenvalue weighted by atomic mass is 32.2. The van der Waals surface area contributed by atoms with Crippen molar-refractivity contribution in [2.24, 2.45) is 5.92 Å². The van der Waals surface area contributed by atoms with Gasteiger partial charge in [-0.25, -0.2) is 0 Å². The average Bonchev–Trinajstić information content (AvgIpc) is 2.15. The second-order valence-electron chi connectivity index (χ2n) is 3.25. The molecule has 0 bridgehead atoms. The van der Waals surface area contributed by atoms with Crippen molar-refractivity contribution in [3.05, 3.63) is 21.9 Å². The minimum Gasteiger partial charge on any atom is -0.259 e. The molecule has 0 radical (unpaired) electrons. The molecule has 0 amide bonds. The third kappa shape index (κ3) is 3.38. The molecule has 0 aromatic carbocycles. The Morgan fingerprint density at radius 1 is 1.77 bits per heavy atom. The van der Waals surface area contributed by atoms with Crippen molar-refractivity contribution in [2.45, 2.75) is 26.2 Å². The summed E-state index contributed by atoms with van der Waals surface area (Å²) in [5, 5.41) is 10.5. The lowest BCUT2D eigenvalue weighted by atomic mass is 10.0. The number of nitrogens with zero attached hydrogens (tertiary/aromatic N) is 1. The molecule has 1 fully saturated rings. The summed E-state index contributed by atoms with van der Waals surface area (Å²) in [6.07, 6.45) is 4.70. The molecule has 0 saturated carbocycles. The third-order valence-corrected chi connectivity index (χ3v) is 3.46. The number of allylic oxidation sites excluding steroid dienone is 2. The van der Waals surface area contributed by atoms with Crippen molar-refractivity contribution < 1.29 is 4.92 Å². The minimum absolute atomic E-state index is 0.251. The van der Waals surface area contributed by atoms with Gasteiger partial charge in [0.05, 0.1) is 4.92 Å². The van der Waals surface area contributed by atoms with Crippen LogP contribution < -0.4 is 0 Å². The fourth-order valence-electron chi connectivity index (χ4n) is 1.48. The minimum atomic E-state index is -0.251. The summed E-state index contributed by atoms with van der Waals surface area (Å²) in [4.78, 5) is 10.3. The molecule has 4 heteroatoms. The van der Waals surface area contributed by atoms with E-state index in [1.54, 1.807) is 0 Å². The van der Waals surface area contributed by atoms with Crippen LogP contribution in [0.25, 0.3) is 0 Å². The summed E-state index contributed by atoms with van der Waals surface area (Å²) in [5.41, 5.74) is 0.382. The smallest absolute Gasteiger partial charge is 0.242 e. The second kappa shape index (κ2) is 5.27. The van der Waals surface area contributed by atoms with Crippen LogP contribution in [0.5, 0.6) is 0 Å². The first-order valence-corrected chi connectivity index (χ1v) is 5.82. The fraction of sp³-hybridized carbons (Fsp3) is 0.778. The van der Waals surface area contributed by atoms with E-state index in [2.05, 4.69) is 0 Å². The van der Waals surface area contributed by atoms with Crippen LogP contribution in [0, 0.1) is 16.0 Å². The Labute approximate surface area is 82.7 Å². The van der Waals surface area contributed by atoms with Gasteiger partial charge in [-0.15, -0.1) is 0 Å². The van der Waals surface area contributed by atoms with E-state index in [9.17, 15) is 10.1 Å². The van der Waals surface area contributed by atoms with Crippen LogP contribution in [0.15, 0.2) is 11.8 Å². The van der Waals surface area contributed by atoms with Gasteiger partial charge in [-0.3, -0.25) is 10.1 Å². The first-order valence-electron chi connectivity index (χ1n) is 4.67. The highest BCUT2D eigenvalue weighted by molar-refractivity contribution is 7.99. The van der Waals surface area contributed by atoms with Gasteiger partial charge in [0, 0.05) is 6.42 Å². The third-order valence-electron chi connectivity index (χ3n) is 2.22. The molecule has 1 aliphatic heterocycles. The Morgan fingerprint density at radius 3 is 3.00 bits per heavy atom. The monoisotopic (exact) mass is 201 g/mol. The van der Waals surface area contributed by atoms with Crippen molar-refractivity contribution >= 4 is 11.8 Å². The topological polar surface area (TPSA) is 43.1 Å². The van der Waals surface area contributed by atoms with E-state index in [4.69, 9.17) is 0 Å². The molecule has 0 aromatic rings. The van der Waals surface area contributed by atoms with Crippen molar-refractivity contribution in [1.82, 2.24) is 0 Å². The standard InChI is InChI=1S/C9H15NO2S/c1-2-9(10(11)12)6-8-4-3-5-13-7-8/h6,8H,2-5,7H2,1H3/b9-6+. The molecule has 0 aliphatic carbocycles. The summed E-state index contributed by atoms with van der Waals surface area (Å²) in [5.74, 6) is 2.70. The molecule has 3 nitrogen and oxygen atoms in total. The van der Waals surface area contributed by atoms with Crippen LogP contribution in [0.3, 0.4) is 0 Å².